The van der Waals surface area contributed by atoms with Crippen molar-refractivity contribution in [3.63, 3.8) is 0 Å². The average molecular weight is 290 g/mol. The number of pyridine rings is 1. The Morgan fingerprint density at radius 1 is 1.33 bits per heavy atom. The van der Waals surface area contributed by atoms with Crippen molar-refractivity contribution in [1.82, 2.24) is 10.3 Å². The third kappa shape index (κ3) is 3.96. The fraction of sp³-hybridized carbons (Fsp3) is 0.647. The lowest BCUT2D eigenvalue weighted by atomic mass is 9.69. The summed E-state index contributed by atoms with van der Waals surface area (Å²) in [5.41, 5.74) is 0.590. The predicted molar refractivity (Wildman–Crippen MR) is 84.3 cm³/mol. The summed E-state index contributed by atoms with van der Waals surface area (Å²) in [7, 11) is 0. The van der Waals surface area contributed by atoms with Crippen LogP contribution >= 0.6 is 0 Å². The lowest BCUT2D eigenvalue weighted by Gasteiger charge is -2.39. The van der Waals surface area contributed by atoms with Crippen molar-refractivity contribution >= 4 is 5.91 Å². The van der Waals surface area contributed by atoms with Gasteiger partial charge in [0.15, 0.2) is 0 Å². The Bertz CT molecular complexity index is 540. The van der Waals surface area contributed by atoms with E-state index >= 15 is 0 Å². The Labute approximate surface area is 126 Å². The van der Waals surface area contributed by atoms with E-state index in [2.05, 4.69) is 31.1 Å². The molecule has 1 amide bonds. The summed E-state index contributed by atoms with van der Waals surface area (Å²) < 4.78 is 0. The molecule has 1 aliphatic carbocycles. The number of amides is 1. The summed E-state index contributed by atoms with van der Waals surface area (Å²) in [5, 5.41) is 3.06. The molecular formula is C17H26N2O2. The van der Waals surface area contributed by atoms with Crippen LogP contribution in [-0.2, 0) is 0 Å². The third-order valence-electron chi connectivity index (χ3n) is 5.12. The first-order chi connectivity index (χ1) is 9.92. The molecule has 0 spiro atoms. The standard InChI is InChI=1S/C17H26N2O2/c1-4-17(2,3)13-5-7-14(8-6-13)19-16(21)12-9-10-18-15(20)11-12/h9-11,13-14H,4-8H2,1-3H3,(H,18,20)(H,19,21). The van der Waals surface area contributed by atoms with E-state index < -0.39 is 0 Å². The van der Waals surface area contributed by atoms with Gasteiger partial charge in [-0.25, -0.2) is 0 Å². The molecule has 1 heterocycles. The van der Waals surface area contributed by atoms with Crippen LogP contribution in [0.5, 0.6) is 0 Å². The Kier molecular flexibility index (Phi) is 4.86. The Morgan fingerprint density at radius 2 is 2.00 bits per heavy atom. The quantitative estimate of drug-likeness (QED) is 0.895. The minimum Gasteiger partial charge on any atom is -0.349 e. The molecule has 4 nitrogen and oxygen atoms in total. The average Bonchev–Trinajstić information content (AvgIpc) is 2.48. The molecule has 1 saturated carbocycles. The molecule has 0 unspecified atom stereocenters. The van der Waals surface area contributed by atoms with Crippen LogP contribution in [0.1, 0.15) is 63.2 Å². The minimum atomic E-state index is -0.240. The van der Waals surface area contributed by atoms with Crippen molar-refractivity contribution < 1.29 is 4.79 Å². The van der Waals surface area contributed by atoms with E-state index in [9.17, 15) is 9.59 Å². The van der Waals surface area contributed by atoms with Crippen molar-refractivity contribution in [3.8, 4) is 0 Å². The monoisotopic (exact) mass is 290 g/mol. The zero-order valence-corrected chi connectivity index (χ0v) is 13.2. The van der Waals surface area contributed by atoms with Crippen LogP contribution in [0, 0.1) is 11.3 Å². The molecule has 2 N–H and O–H groups in total. The molecule has 4 heteroatoms. The Hall–Kier alpha value is -1.58. The molecule has 0 radical (unpaired) electrons. The van der Waals surface area contributed by atoms with Crippen LogP contribution in [0.2, 0.25) is 0 Å². The number of carbonyl (C=O) groups is 1. The van der Waals surface area contributed by atoms with Gasteiger partial charge in [-0.2, -0.15) is 0 Å². The number of hydrogen-bond donors (Lipinski definition) is 2. The summed E-state index contributed by atoms with van der Waals surface area (Å²) in [6, 6.07) is 3.23. The van der Waals surface area contributed by atoms with Crippen molar-refractivity contribution in [2.24, 2.45) is 11.3 Å². The molecule has 0 bridgehead atoms. The molecule has 116 valence electrons. The second kappa shape index (κ2) is 6.46. The maximum absolute atomic E-state index is 12.1. The van der Waals surface area contributed by atoms with Crippen LogP contribution < -0.4 is 10.9 Å². The van der Waals surface area contributed by atoms with Crippen molar-refractivity contribution in [2.75, 3.05) is 0 Å². The van der Waals surface area contributed by atoms with E-state index in [0.717, 1.165) is 18.8 Å². The highest BCUT2D eigenvalue weighted by atomic mass is 16.2. The first kappa shape index (κ1) is 15.8. The van der Waals surface area contributed by atoms with Crippen molar-refractivity contribution in [2.45, 2.75) is 58.9 Å². The SMILES string of the molecule is CCC(C)(C)C1CCC(NC(=O)c2cc[nH]c(=O)c2)CC1. The smallest absolute Gasteiger partial charge is 0.251 e. The van der Waals surface area contributed by atoms with E-state index in [0.29, 0.717) is 11.0 Å². The highest BCUT2D eigenvalue weighted by Crippen LogP contribution is 2.40. The number of aromatic nitrogens is 1. The van der Waals surface area contributed by atoms with E-state index in [1.165, 1.54) is 31.5 Å². The van der Waals surface area contributed by atoms with Crippen LogP contribution in [0.15, 0.2) is 23.1 Å². The number of aromatic amines is 1. The van der Waals surface area contributed by atoms with Gasteiger partial charge in [0.25, 0.3) is 5.91 Å². The molecular weight excluding hydrogens is 264 g/mol. The summed E-state index contributed by atoms with van der Waals surface area (Å²) in [4.78, 5) is 25.9. The van der Waals surface area contributed by atoms with E-state index in [-0.39, 0.29) is 17.5 Å². The van der Waals surface area contributed by atoms with Gasteiger partial charge in [0.1, 0.15) is 0 Å². The molecule has 0 aromatic carbocycles. The van der Waals surface area contributed by atoms with Gasteiger partial charge in [-0.15, -0.1) is 0 Å². The Balaban J connectivity index is 1.89. The maximum atomic E-state index is 12.1. The number of nitrogens with one attached hydrogen (secondary N) is 2. The van der Waals surface area contributed by atoms with Gasteiger partial charge < -0.3 is 10.3 Å². The normalized spacial score (nSPS) is 22.8. The molecule has 1 fully saturated rings. The van der Waals surface area contributed by atoms with Crippen molar-refractivity contribution in [3.05, 3.63) is 34.2 Å². The second-order valence-electron chi connectivity index (χ2n) is 6.81. The molecule has 1 aromatic heterocycles. The van der Waals surface area contributed by atoms with E-state index in [4.69, 9.17) is 0 Å². The molecule has 1 aliphatic rings. The van der Waals surface area contributed by atoms with Gasteiger partial charge in [-0.05, 0) is 43.1 Å². The van der Waals surface area contributed by atoms with Gasteiger partial charge in [-0.1, -0.05) is 27.2 Å². The van der Waals surface area contributed by atoms with E-state index in [1.54, 1.807) is 6.07 Å². The highest BCUT2D eigenvalue weighted by molar-refractivity contribution is 5.94. The lowest BCUT2D eigenvalue weighted by molar-refractivity contribution is 0.0893. The lowest BCUT2D eigenvalue weighted by Crippen LogP contribution is -2.40. The molecule has 21 heavy (non-hydrogen) atoms. The molecule has 2 rings (SSSR count). The van der Waals surface area contributed by atoms with Gasteiger partial charge in [-0.3, -0.25) is 9.59 Å². The van der Waals surface area contributed by atoms with Gasteiger partial charge >= 0.3 is 0 Å². The second-order valence-corrected chi connectivity index (χ2v) is 6.81. The first-order valence-electron chi connectivity index (χ1n) is 7.92. The fourth-order valence-electron chi connectivity index (χ4n) is 3.16. The highest BCUT2D eigenvalue weighted by Gasteiger charge is 2.32. The summed E-state index contributed by atoms with van der Waals surface area (Å²) in [6.45, 7) is 6.93. The van der Waals surface area contributed by atoms with Crippen LogP contribution in [0.3, 0.4) is 0 Å². The van der Waals surface area contributed by atoms with Crippen LogP contribution in [0.4, 0.5) is 0 Å². The molecule has 1 aromatic rings. The minimum absolute atomic E-state index is 0.140. The number of H-pyrrole nitrogens is 1. The van der Waals surface area contributed by atoms with Gasteiger partial charge in [0, 0.05) is 23.9 Å². The third-order valence-corrected chi connectivity index (χ3v) is 5.12. The zero-order valence-electron chi connectivity index (χ0n) is 13.2. The topological polar surface area (TPSA) is 62.0 Å². The summed E-state index contributed by atoms with van der Waals surface area (Å²) in [6.07, 6.45) is 7.10. The molecule has 0 saturated heterocycles. The van der Waals surface area contributed by atoms with Gasteiger partial charge in [0.05, 0.1) is 0 Å². The van der Waals surface area contributed by atoms with Crippen molar-refractivity contribution in [1.29, 1.82) is 0 Å². The summed E-state index contributed by atoms with van der Waals surface area (Å²) in [5.74, 6) is 0.606. The number of carbonyl (C=O) groups excluding carboxylic acids is 1. The summed E-state index contributed by atoms with van der Waals surface area (Å²) >= 11 is 0. The fourth-order valence-corrected chi connectivity index (χ4v) is 3.16. The first-order valence-corrected chi connectivity index (χ1v) is 7.92. The maximum Gasteiger partial charge on any atom is 0.251 e. The molecule has 0 atom stereocenters. The van der Waals surface area contributed by atoms with Crippen LogP contribution in [-0.4, -0.2) is 16.9 Å². The number of hydrogen-bond acceptors (Lipinski definition) is 2. The van der Waals surface area contributed by atoms with Gasteiger partial charge in [0.2, 0.25) is 5.56 Å². The number of rotatable bonds is 4. The van der Waals surface area contributed by atoms with Crippen LogP contribution in [0.25, 0.3) is 0 Å². The largest absolute Gasteiger partial charge is 0.349 e. The predicted octanol–water partition coefficient (Wildman–Crippen LogP) is 3.10. The molecule has 0 aliphatic heterocycles. The Morgan fingerprint density at radius 3 is 2.57 bits per heavy atom. The van der Waals surface area contributed by atoms with E-state index in [1.807, 2.05) is 0 Å². The zero-order chi connectivity index (χ0) is 15.5.